The number of carboxylic acid groups (broad SMARTS) is 2. The van der Waals surface area contributed by atoms with E-state index in [1.54, 1.807) is 19.1 Å². The molecule has 7 heterocycles. The number of hydrogen-bond acceptors (Lipinski definition) is 28. The smallest absolute Gasteiger partial charge is 0.327 e. The Hall–Kier alpha value is -9.43. The van der Waals surface area contributed by atoms with Crippen molar-refractivity contribution in [3.8, 4) is 0 Å². The first-order valence-electron chi connectivity index (χ1n) is 42.2. The Balaban J connectivity index is 0.514. The summed E-state index contributed by atoms with van der Waals surface area (Å²) in [6.45, 7) is 20.1. The summed E-state index contributed by atoms with van der Waals surface area (Å²) in [5.41, 5.74) is 14.9. The largest absolute Gasteiger partial charge is 0.480 e. The lowest BCUT2D eigenvalue weighted by Gasteiger charge is -2.19. The highest BCUT2D eigenvalue weighted by molar-refractivity contribution is 8.76. The first-order chi connectivity index (χ1) is 59.0. The molecule has 0 fully saturated rings. The molecule has 0 spiro atoms. The number of anilines is 2. The number of aromatic amines is 3. The average molecular weight is 1730 g/mol. The minimum absolute atomic E-state index is 0.00166. The Labute approximate surface area is 717 Å². The van der Waals surface area contributed by atoms with Gasteiger partial charge in [0.05, 0.1) is 48.9 Å². The Bertz CT molecular complexity index is 4770. The number of nitrogens with one attached hydrogen (secondary N) is 6. The van der Waals surface area contributed by atoms with Gasteiger partial charge in [0, 0.05) is 222 Å². The van der Waals surface area contributed by atoms with E-state index < -0.39 is 53.3 Å². The van der Waals surface area contributed by atoms with Gasteiger partial charge in [-0.3, -0.25) is 53.3 Å². The second-order valence-corrected chi connectivity index (χ2v) is 33.1. The molecule has 5 aromatic heterocycles. The third kappa shape index (κ3) is 28.8. The van der Waals surface area contributed by atoms with Crippen LogP contribution in [0.2, 0.25) is 0 Å². The lowest BCUT2D eigenvalue weighted by molar-refractivity contribution is -0.141. The fraction of sp³-hybridized carbons (Fsp3) is 0.575. The second kappa shape index (κ2) is 50.4. The topological polar surface area (TPSA) is 468 Å². The zero-order valence-electron chi connectivity index (χ0n) is 70.9. The van der Waals surface area contributed by atoms with Crippen LogP contribution in [0.3, 0.4) is 0 Å². The zero-order valence-corrected chi connectivity index (χ0v) is 72.5. The van der Waals surface area contributed by atoms with Gasteiger partial charge in [-0.25, -0.2) is 19.6 Å². The summed E-state index contributed by atoms with van der Waals surface area (Å²) in [5, 5.41) is 27.9. The highest BCUT2D eigenvalue weighted by atomic mass is 33.1. The van der Waals surface area contributed by atoms with Gasteiger partial charge in [-0.15, -0.1) is 0 Å². The normalized spacial score (nSPS) is 16.0. The fourth-order valence-corrected chi connectivity index (χ4v) is 17.1. The maximum Gasteiger partial charge on any atom is 0.327 e. The number of carbonyl (C=O) groups excluding carboxylic acids is 7. The number of esters is 1. The fourth-order valence-electron chi connectivity index (χ4n) is 14.8. The standard InChI is InChI=1S/C87H118N12O21S2/c1-8-62-52(2)65-48-70-73(56(6)100)54(4)67(93-70)46-66-53(3)63(77(95-66)75-76(86(111)112-7)80(104)74-55(5)68(96-78(74)75)47-69(62)92-65)26-24-61(102)19-10-45-121-122-51-71(85(109)110)94-72(103)28-44-120-43-17-42-119-41-16-40-118-39-15-38-117-37-14-36-116-35-13-34-115-33-12-32-114-31-11-30-113-29-9-18-60(101)25-27-64(84(107)108)97-82(105)57-20-22-58(23-21-57)89-49-59-50-90-81-79(91-59)83(106)99-87(88)98-81/h20-23,46-48,50,52-53,62-64,71,76,89,93,96H,8-19,24-45,49,51H2,1-7H3,(H,94,103)(H,97,105)(H,107,108)(H,109,110)(H3,88,90,98,99,106)/t52-,53+,62-,63+,64+,71+,76?/m1/s1. The molecule has 1 aromatic carbocycles. The van der Waals surface area contributed by atoms with Crippen molar-refractivity contribution in [1.29, 1.82) is 0 Å². The molecule has 1 aliphatic carbocycles. The Morgan fingerprint density at radius 2 is 1.11 bits per heavy atom. The molecule has 33 nitrogen and oxygen atoms in total. The summed E-state index contributed by atoms with van der Waals surface area (Å²) >= 11 is 0. The minimum Gasteiger partial charge on any atom is -0.480 e. The predicted molar refractivity (Wildman–Crippen MR) is 462 cm³/mol. The number of benzene rings is 1. The van der Waals surface area contributed by atoms with Gasteiger partial charge >= 0.3 is 17.9 Å². The molecule has 7 atom stereocenters. The number of fused-ring (bicyclic) bond motifs is 9. The predicted octanol–water partition coefficient (Wildman–Crippen LogP) is 11.3. The number of H-pyrrole nitrogens is 3. The lowest BCUT2D eigenvalue weighted by Crippen LogP contribution is -2.42. The molecule has 9 rings (SSSR count). The maximum absolute atomic E-state index is 14.5. The number of carboxylic acids is 2. The van der Waals surface area contributed by atoms with E-state index in [1.807, 2.05) is 39.0 Å². The minimum atomic E-state index is -1.27. The first-order valence-corrected chi connectivity index (χ1v) is 44.7. The summed E-state index contributed by atoms with van der Waals surface area (Å²) in [4.78, 5) is 162. The molecule has 1 unspecified atom stereocenters. The number of hydrogen-bond donors (Lipinski definition) is 9. The van der Waals surface area contributed by atoms with E-state index in [0.717, 1.165) is 55.5 Å². The van der Waals surface area contributed by atoms with Gasteiger partial charge in [0.1, 0.15) is 29.6 Å². The molecular weight excluding hydrogens is 1610 g/mol. The second-order valence-electron chi connectivity index (χ2n) is 30.5. The van der Waals surface area contributed by atoms with Crippen LogP contribution in [0.15, 0.2) is 53.5 Å². The van der Waals surface area contributed by atoms with Crippen LogP contribution >= 0.6 is 21.6 Å². The molecule has 2 aliphatic heterocycles. The molecule has 6 aromatic rings. The molecule has 3 aliphatic rings. The number of methoxy groups -OCH3 is 1. The number of nitrogens with zero attached hydrogens (tertiary/aromatic N) is 5. The molecule has 0 saturated carbocycles. The van der Waals surface area contributed by atoms with Crippen LogP contribution in [0.1, 0.15) is 243 Å². The van der Waals surface area contributed by atoms with Crippen molar-refractivity contribution >= 4 is 119 Å². The van der Waals surface area contributed by atoms with Crippen LogP contribution in [0.25, 0.3) is 33.2 Å². The zero-order chi connectivity index (χ0) is 87.5. The van der Waals surface area contributed by atoms with E-state index in [2.05, 4.69) is 59.7 Å². The summed E-state index contributed by atoms with van der Waals surface area (Å²) < 4.78 is 50.7. The number of ketones is 4. The van der Waals surface area contributed by atoms with Crippen LogP contribution in [-0.4, -0.2) is 239 Å². The van der Waals surface area contributed by atoms with Gasteiger partial charge < -0.3 is 84.5 Å². The number of nitrogen functional groups attached to an aromatic ring is 1. The number of aliphatic carboxylic acids is 2. The van der Waals surface area contributed by atoms with Crippen LogP contribution in [-0.2, 0) is 77.9 Å². The average Bonchev–Trinajstić information content (AvgIpc) is 1.56. The van der Waals surface area contributed by atoms with Crippen LogP contribution < -0.4 is 27.2 Å². The molecule has 0 saturated heterocycles. The molecule has 8 bridgehead atoms. The van der Waals surface area contributed by atoms with E-state index in [1.165, 1.54) is 47.0 Å². The third-order valence-corrected chi connectivity index (χ3v) is 24.0. The molecule has 35 heteroatoms. The van der Waals surface area contributed by atoms with Gasteiger partial charge in [0.15, 0.2) is 22.7 Å². The van der Waals surface area contributed by atoms with E-state index in [0.29, 0.717) is 204 Å². The maximum atomic E-state index is 14.5. The number of amides is 2. The highest BCUT2D eigenvalue weighted by Crippen LogP contribution is 2.49. The van der Waals surface area contributed by atoms with Gasteiger partial charge in [-0.1, -0.05) is 42.4 Å². The number of Topliss-reactive ketones (excluding diaryl/α,β-unsaturated/α-hetero) is 4. The van der Waals surface area contributed by atoms with Crippen molar-refractivity contribution in [3.05, 3.63) is 121 Å². The van der Waals surface area contributed by atoms with Crippen LogP contribution in [0, 0.1) is 13.8 Å². The summed E-state index contributed by atoms with van der Waals surface area (Å²) in [5.74, 6) is -5.86. The number of nitrogens with two attached hydrogens (primary N) is 1. The Morgan fingerprint density at radius 3 is 1.68 bits per heavy atom. The van der Waals surface area contributed by atoms with E-state index in [-0.39, 0.29) is 127 Å². The van der Waals surface area contributed by atoms with Gasteiger partial charge in [-0.2, -0.15) is 4.98 Å². The summed E-state index contributed by atoms with van der Waals surface area (Å²) in [6, 6.07) is 9.87. The van der Waals surface area contributed by atoms with Crippen LogP contribution in [0.4, 0.5) is 11.6 Å². The first kappa shape index (κ1) is 96.4. The summed E-state index contributed by atoms with van der Waals surface area (Å²) in [7, 11) is 4.00. The molecule has 122 heavy (non-hydrogen) atoms. The van der Waals surface area contributed by atoms with Crippen molar-refractivity contribution in [2.24, 2.45) is 0 Å². The number of aromatic nitrogens is 8. The lowest BCUT2D eigenvalue weighted by atomic mass is 9.83. The van der Waals surface area contributed by atoms with Crippen molar-refractivity contribution < 1.29 is 96.0 Å². The van der Waals surface area contributed by atoms with E-state index in [9.17, 15) is 58.2 Å². The Morgan fingerprint density at radius 1 is 0.574 bits per heavy atom. The van der Waals surface area contributed by atoms with Crippen molar-refractivity contribution in [1.82, 2.24) is 50.5 Å². The monoisotopic (exact) mass is 1730 g/mol. The van der Waals surface area contributed by atoms with Gasteiger partial charge in [0.2, 0.25) is 11.9 Å². The van der Waals surface area contributed by atoms with Crippen molar-refractivity contribution in [2.45, 2.75) is 199 Å². The van der Waals surface area contributed by atoms with Gasteiger partial charge in [0.25, 0.3) is 11.5 Å². The van der Waals surface area contributed by atoms with E-state index >= 15 is 0 Å². The molecule has 0 radical (unpaired) electrons. The number of aryl methyl sites for hydroxylation is 2. The Kier molecular flexibility index (Phi) is 39.8. The molecule has 2 amide bonds. The van der Waals surface area contributed by atoms with Crippen molar-refractivity contribution in [3.63, 3.8) is 0 Å². The third-order valence-electron chi connectivity index (χ3n) is 21.5. The van der Waals surface area contributed by atoms with E-state index in [4.69, 9.17) is 58.3 Å². The quantitative estimate of drug-likeness (QED) is 0.00563. The van der Waals surface area contributed by atoms with Gasteiger partial charge in [-0.05, 0) is 151 Å². The molecule has 10 N–H and O–H groups in total. The number of carbonyl (C=O) groups is 9. The molecule has 664 valence electrons. The van der Waals surface area contributed by atoms with Crippen molar-refractivity contribution in [2.75, 3.05) is 135 Å². The van der Waals surface area contributed by atoms with Crippen LogP contribution in [0.5, 0.6) is 0 Å². The summed E-state index contributed by atoms with van der Waals surface area (Å²) in [6.07, 6.45) is 9.53. The SMILES string of the molecule is CC[C@H]1c2cc3[nH]c4c(c3C)C(=O)C(C(=O)OC)c4c3nc(cc4[nH]c(cc(n2)[C@@H]1C)c(C(C)=O)c4C)[C@@H](C)[C@@H]3CCC(=O)CCCSSC[C@H](NC(=O)CCOCCCOCCCOCCCOCCCOCCCOCCCOCCCOCCCC(=O)CC[C@H](NC(=O)c1ccc(NCc2cnc3nc(N)[nH]c(=O)c3n2)cc1)C(=O)O)C(=O)O. The highest BCUT2D eigenvalue weighted by Gasteiger charge is 2.46. The molecular formula is C87H118N12O21S2. The number of ether oxygens (including phenoxy) is 9. The number of rotatable bonds is 59.